The van der Waals surface area contributed by atoms with Crippen molar-refractivity contribution >= 4 is 17.7 Å². The van der Waals surface area contributed by atoms with Crippen molar-refractivity contribution in [3.63, 3.8) is 0 Å². The van der Waals surface area contributed by atoms with Crippen LogP contribution in [0.2, 0.25) is 0 Å². The van der Waals surface area contributed by atoms with Crippen LogP contribution in [-0.4, -0.2) is 37.3 Å². The van der Waals surface area contributed by atoms with E-state index in [-0.39, 0.29) is 11.8 Å². The van der Waals surface area contributed by atoms with Crippen LogP contribution in [0.1, 0.15) is 18.4 Å². The monoisotopic (exact) mass is 279 g/mol. The SMILES string of the molecule is CSc1ccc(CN(C)C(=O)C2CCOCC2)cc1. The third kappa shape index (κ3) is 3.98. The molecule has 0 unspecified atom stereocenters. The molecule has 2 rings (SSSR count). The number of carbonyl (C=O) groups is 1. The minimum absolute atomic E-state index is 0.143. The molecule has 3 nitrogen and oxygen atoms in total. The number of nitrogens with zero attached hydrogens (tertiary/aromatic N) is 1. The van der Waals surface area contributed by atoms with E-state index in [0.29, 0.717) is 19.8 Å². The van der Waals surface area contributed by atoms with Crippen molar-refractivity contribution in [2.45, 2.75) is 24.3 Å². The maximum absolute atomic E-state index is 12.3. The molecule has 1 aromatic rings. The second kappa shape index (κ2) is 6.96. The third-order valence-corrected chi connectivity index (χ3v) is 4.27. The Kier molecular flexibility index (Phi) is 5.28. The van der Waals surface area contributed by atoms with E-state index in [0.717, 1.165) is 12.8 Å². The van der Waals surface area contributed by atoms with E-state index in [1.165, 1.54) is 10.5 Å². The Balaban J connectivity index is 1.91. The molecule has 0 aliphatic carbocycles. The average Bonchev–Trinajstić information content (AvgIpc) is 2.48. The molecule has 0 bridgehead atoms. The highest BCUT2D eigenvalue weighted by molar-refractivity contribution is 7.98. The van der Waals surface area contributed by atoms with Gasteiger partial charge in [-0.15, -0.1) is 11.8 Å². The van der Waals surface area contributed by atoms with E-state index < -0.39 is 0 Å². The second-order valence-corrected chi connectivity index (χ2v) is 5.81. The van der Waals surface area contributed by atoms with Crippen molar-refractivity contribution < 1.29 is 9.53 Å². The highest BCUT2D eigenvalue weighted by Crippen LogP contribution is 2.19. The predicted molar refractivity (Wildman–Crippen MR) is 78.2 cm³/mol. The number of amides is 1. The number of carbonyl (C=O) groups excluding carboxylic acids is 1. The lowest BCUT2D eigenvalue weighted by atomic mass is 9.98. The molecule has 1 aromatic carbocycles. The van der Waals surface area contributed by atoms with Gasteiger partial charge >= 0.3 is 0 Å². The molecular formula is C15H21NO2S. The quantitative estimate of drug-likeness (QED) is 0.794. The van der Waals surface area contributed by atoms with Crippen molar-refractivity contribution in [3.05, 3.63) is 29.8 Å². The maximum Gasteiger partial charge on any atom is 0.225 e. The topological polar surface area (TPSA) is 29.5 Å². The minimum Gasteiger partial charge on any atom is -0.381 e. The Hall–Kier alpha value is -1.00. The normalized spacial score (nSPS) is 16.3. The summed E-state index contributed by atoms with van der Waals surface area (Å²) in [5.74, 6) is 0.390. The fraction of sp³-hybridized carbons (Fsp3) is 0.533. The second-order valence-electron chi connectivity index (χ2n) is 4.93. The van der Waals surface area contributed by atoms with Crippen molar-refractivity contribution in [1.82, 2.24) is 4.90 Å². The van der Waals surface area contributed by atoms with Crippen LogP contribution >= 0.6 is 11.8 Å². The number of hydrogen-bond acceptors (Lipinski definition) is 3. The van der Waals surface area contributed by atoms with Gasteiger partial charge in [-0.3, -0.25) is 4.79 Å². The van der Waals surface area contributed by atoms with Gasteiger partial charge in [0.1, 0.15) is 0 Å². The van der Waals surface area contributed by atoms with E-state index in [9.17, 15) is 4.79 Å². The Morgan fingerprint density at radius 2 is 1.95 bits per heavy atom. The van der Waals surface area contributed by atoms with Gasteiger partial charge in [0.15, 0.2) is 0 Å². The lowest BCUT2D eigenvalue weighted by molar-refractivity contribution is -0.137. The molecule has 1 saturated heterocycles. The lowest BCUT2D eigenvalue weighted by Crippen LogP contribution is -2.35. The summed E-state index contributed by atoms with van der Waals surface area (Å²) < 4.78 is 5.30. The zero-order valence-electron chi connectivity index (χ0n) is 11.6. The average molecular weight is 279 g/mol. The zero-order chi connectivity index (χ0) is 13.7. The van der Waals surface area contributed by atoms with Gasteiger partial charge in [-0.25, -0.2) is 0 Å². The van der Waals surface area contributed by atoms with Crippen molar-refractivity contribution in [2.24, 2.45) is 5.92 Å². The number of ether oxygens (including phenoxy) is 1. The molecule has 1 heterocycles. The molecule has 1 fully saturated rings. The van der Waals surface area contributed by atoms with Crippen LogP contribution in [0.5, 0.6) is 0 Å². The van der Waals surface area contributed by atoms with Crippen molar-refractivity contribution in [2.75, 3.05) is 26.5 Å². The van der Waals surface area contributed by atoms with Crippen LogP contribution in [0.4, 0.5) is 0 Å². The molecule has 1 amide bonds. The van der Waals surface area contributed by atoms with E-state index in [2.05, 4.69) is 30.5 Å². The van der Waals surface area contributed by atoms with Crippen LogP contribution in [0.15, 0.2) is 29.2 Å². The first-order valence-electron chi connectivity index (χ1n) is 6.66. The molecule has 104 valence electrons. The Bertz CT molecular complexity index is 413. The van der Waals surface area contributed by atoms with E-state index >= 15 is 0 Å². The largest absolute Gasteiger partial charge is 0.381 e. The summed E-state index contributed by atoms with van der Waals surface area (Å²) in [4.78, 5) is 15.4. The van der Waals surface area contributed by atoms with Gasteiger partial charge in [-0.1, -0.05) is 12.1 Å². The van der Waals surface area contributed by atoms with Gasteiger partial charge in [0.2, 0.25) is 5.91 Å². The molecule has 0 radical (unpaired) electrons. The summed E-state index contributed by atoms with van der Waals surface area (Å²) in [6, 6.07) is 8.40. The Morgan fingerprint density at radius 1 is 1.32 bits per heavy atom. The molecule has 0 atom stereocenters. The first-order chi connectivity index (χ1) is 9.20. The highest BCUT2D eigenvalue weighted by atomic mass is 32.2. The lowest BCUT2D eigenvalue weighted by Gasteiger charge is -2.26. The predicted octanol–water partition coefficient (Wildman–Crippen LogP) is 2.79. The summed E-state index contributed by atoms with van der Waals surface area (Å²) in [6.07, 6.45) is 3.78. The Labute approximate surface area is 119 Å². The first kappa shape index (κ1) is 14.4. The molecule has 0 N–H and O–H groups in total. The number of hydrogen-bond donors (Lipinski definition) is 0. The molecule has 0 saturated carbocycles. The van der Waals surface area contributed by atoms with Gasteiger partial charge in [0.25, 0.3) is 0 Å². The Morgan fingerprint density at radius 3 is 2.53 bits per heavy atom. The smallest absolute Gasteiger partial charge is 0.225 e. The maximum atomic E-state index is 12.3. The standard InChI is InChI=1S/C15H21NO2S/c1-16(15(17)13-7-9-18-10-8-13)11-12-3-5-14(19-2)6-4-12/h3-6,13H,7-11H2,1-2H3. The summed E-state index contributed by atoms with van der Waals surface area (Å²) >= 11 is 1.73. The molecule has 0 spiro atoms. The van der Waals surface area contributed by atoms with Gasteiger partial charge in [-0.05, 0) is 36.8 Å². The number of benzene rings is 1. The van der Waals surface area contributed by atoms with E-state index in [1.807, 2.05) is 11.9 Å². The number of thioether (sulfide) groups is 1. The van der Waals surface area contributed by atoms with Gasteiger partial charge in [-0.2, -0.15) is 0 Å². The molecular weight excluding hydrogens is 258 g/mol. The first-order valence-corrected chi connectivity index (χ1v) is 7.89. The fourth-order valence-corrected chi connectivity index (χ4v) is 2.75. The van der Waals surface area contributed by atoms with Crippen molar-refractivity contribution in [1.29, 1.82) is 0 Å². The molecule has 0 aromatic heterocycles. The molecule has 1 aliphatic rings. The van der Waals surface area contributed by atoms with Crippen LogP contribution in [0.3, 0.4) is 0 Å². The molecule has 4 heteroatoms. The highest BCUT2D eigenvalue weighted by Gasteiger charge is 2.24. The summed E-state index contributed by atoms with van der Waals surface area (Å²) in [6.45, 7) is 2.12. The molecule has 19 heavy (non-hydrogen) atoms. The summed E-state index contributed by atoms with van der Waals surface area (Å²) in [5, 5.41) is 0. The van der Waals surface area contributed by atoms with Crippen LogP contribution in [0.25, 0.3) is 0 Å². The summed E-state index contributed by atoms with van der Waals surface area (Å²) in [5.41, 5.74) is 1.18. The third-order valence-electron chi connectivity index (χ3n) is 3.53. The number of rotatable bonds is 4. The van der Waals surface area contributed by atoms with Gasteiger partial charge in [0, 0.05) is 37.6 Å². The van der Waals surface area contributed by atoms with Crippen LogP contribution in [0, 0.1) is 5.92 Å². The van der Waals surface area contributed by atoms with E-state index in [4.69, 9.17) is 4.74 Å². The minimum atomic E-state index is 0.143. The van der Waals surface area contributed by atoms with Crippen LogP contribution in [-0.2, 0) is 16.1 Å². The summed E-state index contributed by atoms with van der Waals surface area (Å²) in [7, 11) is 1.89. The van der Waals surface area contributed by atoms with Crippen LogP contribution < -0.4 is 0 Å². The van der Waals surface area contributed by atoms with Crippen molar-refractivity contribution in [3.8, 4) is 0 Å². The molecule has 1 aliphatic heterocycles. The van der Waals surface area contributed by atoms with E-state index in [1.54, 1.807) is 11.8 Å². The van der Waals surface area contributed by atoms with Gasteiger partial charge in [0.05, 0.1) is 0 Å². The van der Waals surface area contributed by atoms with Gasteiger partial charge < -0.3 is 9.64 Å². The zero-order valence-corrected chi connectivity index (χ0v) is 12.4. The fourth-order valence-electron chi connectivity index (χ4n) is 2.34.